The third-order valence-electron chi connectivity index (χ3n) is 3.09. The van der Waals surface area contributed by atoms with Crippen LogP contribution in [-0.2, 0) is 11.3 Å². The van der Waals surface area contributed by atoms with Crippen molar-refractivity contribution in [3.63, 3.8) is 0 Å². The molecule has 3 heteroatoms. The second-order valence-corrected chi connectivity index (χ2v) is 4.39. The number of phenolic OH excluding ortho intramolecular Hbond substituents is 1. The third kappa shape index (κ3) is 4.75. The van der Waals surface area contributed by atoms with Crippen LogP contribution in [-0.4, -0.2) is 36.3 Å². The van der Waals surface area contributed by atoms with E-state index in [1.54, 1.807) is 13.2 Å². The van der Waals surface area contributed by atoms with Gasteiger partial charge in [0.25, 0.3) is 0 Å². The molecule has 0 aliphatic carbocycles. The summed E-state index contributed by atoms with van der Waals surface area (Å²) in [5.41, 5.74) is 1.14. The molecule has 3 nitrogen and oxygen atoms in total. The van der Waals surface area contributed by atoms with E-state index in [2.05, 4.69) is 18.7 Å². The Labute approximate surface area is 104 Å². The highest BCUT2D eigenvalue weighted by molar-refractivity contribution is 5.27. The molecule has 0 aromatic heterocycles. The summed E-state index contributed by atoms with van der Waals surface area (Å²) in [5, 5.41) is 9.45. The Bertz CT molecular complexity index is 328. The van der Waals surface area contributed by atoms with Gasteiger partial charge < -0.3 is 9.84 Å². The van der Waals surface area contributed by atoms with Gasteiger partial charge in [-0.3, -0.25) is 4.90 Å². The van der Waals surface area contributed by atoms with Gasteiger partial charge in [0.15, 0.2) is 0 Å². The summed E-state index contributed by atoms with van der Waals surface area (Å²) in [5.74, 6) is 0.332. The van der Waals surface area contributed by atoms with Crippen molar-refractivity contribution in [3.8, 4) is 5.75 Å². The van der Waals surface area contributed by atoms with E-state index in [1.807, 2.05) is 18.2 Å². The van der Waals surface area contributed by atoms with Crippen molar-refractivity contribution in [2.75, 3.05) is 20.3 Å². The Balaban J connectivity index is 2.64. The van der Waals surface area contributed by atoms with Crippen LogP contribution in [0.2, 0.25) is 0 Å². The topological polar surface area (TPSA) is 32.7 Å². The van der Waals surface area contributed by atoms with Crippen molar-refractivity contribution in [3.05, 3.63) is 29.8 Å². The SMILES string of the molecule is CCC(C)N(CCOC)Cc1cccc(O)c1. The largest absolute Gasteiger partial charge is 0.508 e. The minimum Gasteiger partial charge on any atom is -0.508 e. The molecular formula is C14H23NO2. The fourth-order valence-electron chi connectivity index (χ4n) is 1.81. The molecule has 0 bridgehead atoms. The average molecular weight is 237 g/mol. The van der Waals surface area contributed by atoms with Crippen molar-refractivity contribution in [2.45, 2.75) is 32.9 Å². The lowest BCUT2D eigenvalue weighted by molar-refractivity contribution is 0.118. The first-order valence-electron chi connectivity index (χ1n) is 6.18. The van der Waals surface area contributed by atoms with Crippen LogP contribution in [0.3, 0.4) is 0 Å². The van der Waals surface area contributed by atoms with Gasteiger partial charge in [-0.15, -0.1) is 0 Å². The van der Waals surface area contributed by atoms with E-state index in [0.29, 0.717) is 11.8 Å². The molecule has 0 saturated carbocycles. The van der Waals surface area contributed by atoms with Gasteiger partial charge in [-0.25, -0.2) is 0 Å². The fraction of sp³-hybridized carbons (Fsp3) is 0.571. The molecule has 1 unspecified atom stereocenters. The van der Waals surface area contributed by atoms with Gasteiger partial charge in [-0.2, -0.15) is 0 Å². The van der Waals surface area contributed by atoms with Gasteiger partial charge in [0.2, 0.25) is 0 Å². The lowest BCUT2D eigenvalue weighted by Gasteiger charge is -2.28. The van der Waals surface area contributed by atoms with Gasteiger partial charge in [0, 0.05) is 26.2 Å². The van der Waals surface area contributed by atoms with Crippen molar-refractivity contribution in [1.29, 1.82) is 0 Å². The number of phenols is 1. The standard InChI is InChI=1S/C14H23NO2/c1-4-12(2)15(8-9-17-3)11-13-6-5-7-14(16)10-13/h5-7,10,12,16H,4,8-9,11H2,1-3H3. The first-order valence-corrected chi connectivity index (χ1v) is 6.18. The maximum atomic E-state index is 9.45. The summed E-state index contributed by atoms with van der Waals surface area (Å²) >= 11 is 0. The van der Waals surface area contributed by atoms with E-state index in [-0.39, 0.29) is 0 Å². The molecule has 0 aliphatic heterocycles. The van der Waals surface area contributed by atoms with Crippen molar-refractivity contribution in [1.82, 2.24) is 4.90 Å². The number of hydrogen-bond donors (Lipinski definition) is 1. The maximum absolute atomic E-state index is 9.45. The molecule has 0 heterocycles. The average Bonchev–Trinajstić information content (AvgIpc) is 2.33. The molecule has 0 radical (unpaired) electrons. The monoisotopic (exact) mass is 237 g/mol. The van der Waals surface area contributed by atoms with Crippen LogP contribution < -0.4 is 0 Å². The van der Waals surface area contributed by atoms with E-state index < -0.39 is 0 Å². The molecule has 17 heavy (non-hydrogen) atoms. The smallest absolute Gasteiger partial charge is 0.115 e. The summed E-state index contributed by atoms with van der Waals surface area (Å²) < 4.78 is 5.14. The molecular weight excluding hydrogens is 214 g/mol. The van der Waals surface area contributed by atoms with Crippen molar-refractivity contribution >= 4 is 0 Å². The Hall–Kier alpha value is -1.06. The molecule has 0 spiro atoms. The van der Waals surface area contributed by atoms with Crippen molar-refractivity contribution < 1.29 is 9.84 Å². The van der Waals surface area contributed by atoms with Gasteiger partial charge in [0.05, 0.1) is 6.61 Å². The Morgan fingerprint density at radius 1 is 1.41 bits per heavy atom. The lowest BCUT2D eigenvalue weighted by Crippen LogP contribution is -2.34. The molecule has 0 saturated heterocycles. The first-order chi connectivity index (χ1) is 8.17. The Kier molecular flexibility index (Phi) is 6.01. The quantitative estimate of drug-likeness (QED) is 0.791. The summed E-state index contributed by atoms with van der Waals surface area (Å²) in [6.45, 7) is 6.92. The number of ether oxygens (including phenoxy) is 1. The first kappa shape index (κ1) is 14.0. The van der Waals surface area contributed by atoms with Gasteiger partial charge in [-0.05, 0) is 31.0 Å². The second-order valence-electron chi connectivity index (χ2n) is 4.39. The number of rotatable bonds is 7. The second kappa shape index (κ2) is 7.30. The van der Waals surface area contributed by atoms with Crippen LogP contribution in [0.25, 0.3) is 0 Å². The van der Waals surface area contributed by atoms with Crippen LogP contribution in [0.1, 0.15) is 25.8 Å². The molecule has 1 N–H and O–H groups in total. The van der Waals surface area contributed by atoms with E-state index in [4.69, 9.17) is 4.74 Å². The van der Waals surface area contributed by atoms with E-state index in [9.17, 15) is 5.11 Å². The van der Waals surface area contributed by atoms with Crippen LogP contribution in [0.4, 0.5) is 0 Å². The molecule has 96 valence electrons. The summed E-state index contributed by atoms with van der Waals surface area (Å²) in [7, 11) is 1.73. The molecule has 1 atom stereocenters. The van der Waals surface area contributed by atoms with Crippen LogP contribution >= 0.6 is 0 Å². The number of hydrogen-bond acceptors (Lipinski definition) is 3. The number of nitrogens with zero attached hydrogens (tertiary/aromatic N) is 1. The summed E-state index contributed by atoms with van der Waals surface area (Å²) in [6.07, 6.45) is 1.11. The Morgan fingerprint density at radius 3 is 2.76 bits per heavy atom. The third-order valence-corrected chi connectivity index (χ3v) is 3.09. The molecule has 0 aliphatic rings. The van der Waals surface area contributed by atoms with Gasteiger partial charge in [-0.1, -0.05) is 19.1 Å². The summed E-state index contributed by atoms with van der Waals surface area (Å²) in [4.78, 5) is 2.37. The number of methoxy groups -OCH3 is 1. The maximum Gasteiger partial charge on any atom is 0.115 e. The van der Waals surface area contributed by atoms with Crippen molar-refractivity contribution in [2.24, 2.45) is 0 Å². The van der Waals surface area contributed by atoms with Crippen LogP contribution in [0.5, 0.6) is 5.75 Å². The fourth-order valence-corrected chi connectivity index (χ4v) is 1.81. The predicted molar refractivity (Wildman–Crippen MR) is 70.1 cm³/mol. The molecule has 0 amide bonds. The van der Waals surface area contributed by atoms with Crippen LogP contribution in [0, 0.1) is 0 Å². The van der Waals surface area contributed by atoms with E-state index in [1.165, 1.54) is 0 Å². The molecule has 0 fully saturated rings. The molecule has 1 rings (SSSR count). The lowest BCUT2D eigenvalue weighted by atomic mass is 10.1. The molecule has 1 aromatic carbocycles. The Morgan fingerprint density at radius 2 is 2.18 bits per heavy atom. The van der Waals surface area contributed by atoms with E-state index >= 15 is 0 Å². The highest BCUT2D eigenvalue weighted by Gasteiger charge is 2.12. The predicted octanol–water partition coefficient (Wildman–Crippen LogP) is 2.64. The zero-order valence-electron chi connectivity index (χ0n) is 11.0. The highest BCUT2D eigenvalue weighted by atomic mass is 16.5. The summed E-state index contributed by atoms with van der Waals surface area (Å²) in [6, 6.07) is 7.97. The number of aromatic hydroxyl groups is 1. The normalized spacial score (nSPS) is 12.9. The zero-order valence-corrected chi connectivity index (χ0v) is 11.0. The highest BCUT2D eigenvalue weighted by Crippen LogP contribution is 2.15. The number of benzene rings is 1. The van der Waals surface area contributed by atoms with Gasteiger partial charge >= 0.3 is 0 Å². The zero-order chi connectivity index (χ0) is 12.7. The minimum absolute atomic E-state index is 0.332. The van der Waals surface area contributed by atoms with Crippen LogP contribution in [0.15, 0.2) is 24.3 Å². The van der Waals surface area contributed by atoms with E-state index in [0.717, 1.165) is 31.7 Å². The minimum atomic E-state index is 0.332. The molecule has 1 aromatic rings. The van der Waals surface area contributed by atoms with Gasteiger partial charge in [0.1, 0.15) is 5.75 Å².